The molecule has 1 atom stereocenters. The number of nitrogens with zero attached hydrogens (tertiary/aromatic N) is 1. The SMILES string of the molecule is COc1ccc([N+](=O)[O-])cc1NC(=O)[C@@H](C)OC(=O)c1ccccc1SC. The Labute approximate surface area is 160 Å². The third kappa shape index (κ3) is 4.98. The number of carbonyl (C=O) groups excluding carboxylic acids is 2. The smallest absolute Gasteiger partial charge is 0.340 e. The number of ether oxygens (including phenoxy) is 2. The highest BCUT2D eigenvalue weighted by atomic mass is 32.2. The van der Waals surface area contributed by atoms with Crippen molar-refractivity contribution in [1.82, 2.24) is 0 Å². The lowest BCUT2D eigenvalue weighted by molar-refractivity contribution is -0.384. The van der Waals surface area contributed by atoms with Gasteiger partial charge in [-0.15, -0.1) is 11.8 Å². The van der Waals surface area contributed by atoms with E-state index in [4.69, 9.17) is 9.47 Å². The molecular weight excluding hydrogens is 372 g/mol. The normalized spacial score (nSPS) is 11.4. The molecule has 2 aromatic carbocycles. The highest BCUT2D eigenvalue weighted by Crippen LogP contribution is 2.29. The number of rotatable bonds is 7. The Morgan fingerprint density at radius 3 is 2.56 bits per heavy atom. The molecule has 0 aliphatic rings. The number of hydrogen-bond acceptors (Lipinski definition) is 7. The van der Waals surface area contributed by atoms with Crippen LogP contribution >= 0.6 is 11.8 Å². The van der Waals surface area contributed by atoms with Crippen LogP contribution in [0.3, 0.4) is 0 Å². The average molecular weight is 390 g/mol. The van der Waals surface area contributed by atoms with Crippen molar-refractivity contribution in [2.45, 2.75) is 17.9 Å². The van der Waals surface area contributed by atoms with Gasteiger partial charge in [-0.25, -0.2) is 4.79 Å². The van der Waals surface area contributed by atoms with Gasteiger partial charge in [0, 0.05) is 17.0 Å². The maximum Gasteiger partial charge on any atom is 0.340 e. The summed E-state index contributed by atoms with van der Waals surface area (Å²) in [5, 5.41) is 13.4. The summed E-state index contributed by atoms with van der Waals surface area (Å²) in [6.07, 6.45) is 0.716. The Hall–Kier alpha value is -3.07. The molecule has 2 aromatic rings. The van der Waals surface area contributed by atoms with Crippen molar-refractivity contribution >= 4 is 35.0 Å². The zero-order valence-electron chi connectivity index (χ0n) is 14.9. The Bertz CT molecular complexity index is 871. The van der Waals surface area contributed by atoms with Gasteiger partial charge in [0.25, 0.3) is 11.6 Å². The number of thioether (sulfide) groups is 1. The van der Waals surface area contributed by atoms with Gasteiger partial charge < -0.3 is 14.8 Å². The van der Waals surface area contributed by atoms with Crippen molar-refractivity contribution in [3.63, 3.8) is 0 Å². The maximum absolute atomic E-state index is 12.4. The summed E-state index contributed by atoms with van der Waals surface area (Å²) in [7, 11) is 1.37. The Kier molecular flexibility index (Phi) is 6.78. The summed E-state index contributed by atoms with van der Waals surface area (Å²) in [4.78, 5) is 35.8. The minimum atomic E-state index is -1.11. The molecule has 0 saturated carbocycles. The van der Waals surface area contributed by atoms with E-state index in [-0.39, 0.29) is 17.1 Å². The lowest BCUT2D eigenvalue weighted by Gasteiger charge is -2.16. The molecule has 9 heteroatoms. The van der Waals surface area contributed by atoms with E-state index in [9.17, 15) is 19.7 Å². The summed E-state index contributed by atoms with van der Waals surface area (Å²) in [5.74, 6) is -1.02. The summed E-state index contributed by atoms with van der Waals surface area (Å²) in [5.41, 5.74) is 0.270. The first-order chi connectivity index (χ1) is 12.9. The molecule has 27 heavy (non-hydrogen) atoms. The van der Waals surface area contributed by atoms with Gasteiger partial charge >= 0.3 is 5.97 Å². The third-order valence-electron chi connectivity index (χ3n) is 3.63. The number of nitrogens with one attached hydrogen (secondary N) is 1. The van der Waals surface area contributed by atoms with E-state index in [2.05, 4.69) is 5.32 Å². The van der Waals surface area contributed by atoms with Gasteiger partial charge in [-0.05, 0) is 31.4 Å². The largest absolute Gasteiger partial charge is 0.495 e. The predicted octanol–water partition coefficient (Wildman–Crippen LogP) is 3.51. The van der Waals surface area contributed by atoms with Gasteiger partial charge in [0.05, 0.1) is 23.3 Å². The minimum absolute atomic E-state index is 0.115. The van der Waals surface area contributed by atoms with Crippen LogP contribution in [0.1, 0.15) is 17.3 Å². The standard InChI is InChI=1S/C18H18N2O6S/c1-11(26-18(22)13-6-4-5-7-16(13)27-3)17(21)19-14-10-12(20(23)24)8-9-15(14)25-2/h4-11H,1-3H3,(H,19,21)/t11-/m1/s1. The van der Waals surface area contributed by atoms with Crippen LogP contribution in [-0.4, -0.2) is 36.3 Å². The molecule has 0 radical (unpaired) electrons. The fourth-order valence-electron chi connectivity index (χ4n) is 2.23. The van der Waals surface area contributed by atoms with Crippen molar-refractivity contribution in [2.24, 2.45) is 0 Å². The van der Waals surface area contributed by atoms with Crippen LogP contribution in [0.2, 0.25) is 0 Å². The van der Waals surface area contributed by atoms with Gasteiger partial charge in [0.2, 0.25) is 0 Å². The van der Waals surface area contributed by atoms with Crippen molar-refractivity contribution in [1.29, 1.82) is 0 Å². The first kappa shape index (κ1) is 20.2. The second kappa shape index (κ2) is 9.04. The van der Waals surface area contributed by atoms with Crippen LogP contribution < -0.4 is 10.1 Å². The van der Waals surface area contributed by atoms with Crippen LogP contribution in [-0.2, 0) is 9.53 Å². The van der Waals surface area contributed by atoms with E-state index >= 15 is 0 Å². The number of carbonyl (C=O) groups is 2. The lowest BCUT2D eigenvalue weighted by Crippen LogP contribution is -2.30. The van der Waals surface area contributed by atoms with E-state index in [1.807, 2.05) is 6.26 Å². The minimum Gasteiger partial charge on any atom is -0.495 e. The molecule has 0 bridgehead atoms. The molecule has 2 rings (SSSR count). The van der Waals surface area contributed by atoms with Crippen molar-refractivity contribution in [2.75, 3.05) is 18.7 Å². The molecule has 0 fully saturated rings. The summed E-state index contributed by atoms with van der Waals surface area (Å²) < 4.78 is 10.3. The highest BCUT2D eigenvalue weighted by Gasteiger charge is 2.22. The summed E-state index contributed by atoms with van der Waals surface area (Å²) in [6.45, 7) is 1.42. The van der Waals surface area contributed by atoms with Crippen LogP contribution in [0.5, 0.6) is 5.75 Å². The van der Waals surface area contributed by atoms with E-state index in [0.29, 0.717) is 5.56 Å². The Morgan fingerprint density at radius 1 is 1.22 bits per heavy atom. The topological polar surface area (TPSA) is 108 Å². The Morgan fingerprint density at radius 2 is 1.93 bits per heavy atom. The molecular formula is C18H18N2O6S. The fraction of sp³-hybridized carbons (Fsp3) is 0.222. The molecule has 0 saturated heterocycles. The number of non-ortho nitro benzene ring substituents is 1. The molecule has 0 spiro atoms. The molecule has 0 aromatic heterocycles. The summed E-state index contributed by atoms with van der Waals surface area (Å²) in [6, 6.07) is 10.7. The molecule has 0 unspecified atom stereocenters. The zero-order chi connectivity index (χ0) is 20.0. The van der Waals surface area contributed by atoms with Crippen molar-refractivity contribution < 1.29 is 24.0 Å². The van der Waals surface area contributed by atoms with Crippen molar-refractivity contribution in [3.8, 4) is 5.75 Å². The zero-order valence-corrected chi connectivity index (χ0v) is 15.7. The van der Waals surface area contributed by atoms with Gasteiger partial charge in [-0.3, -0.25) is 14.9 Å². The van der Waals surface area contributed by atoms with Crippen molar-refractivity contribution in [3.05, 3.63) is 58.1 Å². The first-order valence-electron chi connectivity index (χ1n) is 7.84. The molecule has 1 N–H and O–H groups in total. The molecule has 1 amide bonds. The van der Waals surface area contributed by atoms with E-state index < -0.39 is 22.9 Å². The van der Waals surface area contributed by atoms with E-state index in [1.165, 1.54) is 44.0 Å². The monoisotopic (exact) mass is 390 g/mol. The van der Waals surface area contributed by atoms with Gasteiger partial charge in [-0.1, -0.05) is 12.1 Å². The lowest BCUT2D eigenvalue weighted by atomic mass is 10.2. The predicted molar refractivity (Wildman–Crippen MR) is 101 cm³/mol. The van der Waals surface area contributed by atoms with E-state index in [0.717, 1.165) is 4.90 Å². The molecule has 0 aliphatic heterocycles. The van der Waals surface area contributed by atoms with Gasteiger partial charge in [0.1, 0.15) is 5.75 Å². The number of hydrogen-bond donors (Lipinski definition) is 1. The van der Waals surface area contributed by atoms with Crippen LogP contribution in [0.4, 0.5) is 11.4 Å². The third-order valence-corrected chi connectivity index (χ3v) is 4.43. The fourth-order valence-corrected chi connectivity index (χ4v) is 2.82. The number of amides is 1. The maximum atomic E-state index is 12.4. The van der Waals surface area contributed by atoms with Crippen LogP contribution in [0.15, 0.2) is 47.4 Å². The number of nitro benzene ring substituents is 1. The first-order valence-corrected chi connectivity index (χ1v) is 9.07. The van der Waals surface area contributed by atoms with Gasteiger partial charge in [0.15, 0.2) is 6.10 Å². The number of benzene rings is 2. The summed E-state index contributed by atoms with van der Waals surface area (Å²) >= 11 is 1.39. The van der Waals surface area contributed by atoms with Gasteiger partial charge in [-0.2, -0.15) is 0 Å². The Balaban J connectivity index is 2.13. The molecule has 0 heterocycles. The second-order valence-electron chi connectivity index (χ2n) is 5.38. The van der Waals surface area contributed by atoms with E-state index in [1.54, 1.807) is 24.3 Å². The number of nitro groups is 1. The van der Waals surface area contributed by atoms with Crippen LogP contribution in [0, 0.1) is 10.1 Å². The highest BCUT2D eigenvalue weighted by molar-refractivity contribution is 7.98. The average Bonchev–Trinajstić information content (AvgIpc) is 2.67. The quantitative estimate of drug-likeness (QED) is 0.333. The molecule has 8 nitrogen and oxygen atoms in total. The number of methoxy groups -OCH3 is 1. The van der Waals surface area contributed by atoms with Crippen LogP contribution in [0.25, 0.3) is 0 Å². The number of anilines is 1. The molecule has 0 aliphatic carbocycles. The number of esters is 1. The molecule has 142 valence electrons. The second-order valence-corrected chi connectivity index (χ2v) is 6.23.